The second-order valence-electron chi connectivity index (χ2n) is 10.4. The Bertz CT molecular complexity index is 1730. The summed E-state index contributed by atoms with van der Waals surface area (Å²) >= 11 is 0. The molecule has 4 aromatic rings. The van der Waals surface area contributed by atoms with Crippen LogP contribution in [0, 0.1) is 29.4 Å². The van der Waals surface area contributed by atoms with Crippen LogP contribution in [0.3, 0.4) is 0 Å². The standard InChI is InChI=1S/C32H32F2N6O2/c1-3-39-15-12-24(19-39)18-38(2)30-26-16-22(9-11-29(26)36-21-37-30)6-4-13-35-31(41)25-7-5-14-40(32(25)42)20-23-8-10-27(33)28(34)17-23/h5,7-11,14,16-17,21,24H,3,12-13,15,18-20H2,1-2H3,(H,35,41). The van der Waals surface area contributed by atoms with Crippen molar-refractivity contribution in [2.24, 2.45) is 5.92 Å². The molecule has 0 radical (unpaired) electrons. The minimum absolute atomic E-state index is 0.00233. The molecule has 2 aromatic heterocycles. The molecule has 1 unspecified atom stereocenters. The number of pyridine rings is 1. The van der Waals surface area contributed by atoms with Crippen molar-refractivity contribution in [1.82, 2.24) is 24.8 Å². The molecule has 1 aliphatic rings. The van der Waals surface area contributed by atoms with Gasteiger partial charge in [0.1, 0.15) is 17.7 Å². The number of anilines is 1. The lowest BCUT2D eigenvalue weighted by Crippen LogP contribution is -2.33. The van der Waals surface area contributed by atoms with E-state index in [0.29, 0.717) is 11.5 Å². The van der Waals surface area contributed by atoms with E-state index in [9.17, 15) is 18.4 Å². The predicted octanol–water partition coefficient (Wildman–Crippen LogP) is 3.68. The number of nitrogens with zero attached hydrogens (tertiary/aromatic N) is 5. The average molecular weight is 571 g/mol. The van der Waals surface area contributed by atoms with Crippen molar-refractivity contribution in [1.29, 1.82) is 0 Å². The van der Waals surface area contributed by atoms with Crippen LogP contribution in [0.1, 0.15) is 34.8 Å². The third-order valence-corrected chi connectivity index (χ3v) is 7.50. The van der Waals surface area contributed by atoms with Crippen LogP contribution in [0.25, 0.3) is 10.9 Å². The van der Waals surface area contributed by atoms with Gasteiger partial charge < -0.3 is 19.7 Å². The van der Waals surface area contributed by atoms with Crippen molar-refractivity contribution in [3.05, 3.63) is 99.7 Å². The number of likely N-dealkylation sites (tertiary alicyclic amines) is 1. The minimum atomic E-state index is -0.997. The van der Waals surface area contributed by atoms with E-state index in [-0.39, 0.29) is 18.7 Å². The topological polar surface area (TPSA) is 83.4 Å². The number of carbonyl (C=O) groups is 1. The number of hydrogen-bond acceptors (Lipinski definition) is 6. The SMILES string of the molecule is CCN1CCC(CN(C)c2ncnc3ccc(C#CCNC(=O)c4cccn(Cc5ccc(F)c(F)c5)c4=O)cc23)C1. The minimum Gasteiger partial charge on any atom is -0.359 e. The number of amides is 1. The van der Waals surface area contributed by atoms with Gasteiger partial charge in [-0.1, -0.05) is 24.8 Å². The Hall–Kier alpha value is -4.62. The van der Waals surface area contributed by atoms with Gasteiger partial charge in [-0.05, 0) is 73.5 Å². The van der Waals surface area contributed by atoms with E-state index in [1.807, 2.05) is 18.2 Å². The summed E-state index contributed by atoms with van der Waals surface area (Å²) in [5, 5.41) is 3.57. The van der Waals surface area contributed by atoms with Crippen molar-refractivity contribution >= 4 is 22.6 Å². The summed E-state index contributed by atoms with van der Waals surface area (Å²) in [4.78, 5) is 39.2. The van der Waals surface area contributed by atoms with Gasteiger partial charge in [-0.2, -0.15) is 0 Å². The van der Waals surface area contributed by atoms with Crippen LogP contribution in [-0.2, 0) is 6.54 Å². The average Bonchev–Trinajstić information content (AvgIpc) is 3.45. The molecular formula is C32H32F2N6O2. The Balaban J connectivity index is 1.24. The smallest absolute Gasteiger partial charge is 0.263 e. The Morgan fingerprint density at radius 1 is 1.14 bits per heavy atom. The van der Waals surface area contributed by atoms with E-state index in [1.165, 1.54) is 29.3 Å². The first-order valence-electron chi connectivity index (χ1n) is 13.9. The zero-order valence-corrected chi connectivity index (χ0v) is 23.6. The first-order valence-corrected chi connectivity index (χ1v) is 13.9. The fourth-order valence-corrected chi connectivity index (χ4v) is 5.28. The highest BCUT2D eigenvalue weighted by atomic mass is 19.2. The summed E-state index contributed by atoms with van der Waals surface area (Å²) in [6, 6.07) is 12.1. The third kappa shape index (κ3) is 6.64. The molecule has 216 valence electrons. The first-order chi connectivity index (χ1) is 20.3. The van der Waals surface area contributed by atoms with Crippen molar-refractivity contribution in [3.63, 3.8) is 0 Å². The summed E-state index contributed by atoms with van der Waals surface area (Å²) in [7, 11) is 2.06. The first kappa shape index (κ1) is 28.9. The normalized spacial score (nSPS) is 14.9. The molecule has 10 heteroatoms. The van der Waals surface area contributed by atoms with Gasteiger partial charge in [0.05, 0.1) is 18.6 Å². The quantitative estimate of drug-likeness (QED) is 0.326. The van der Waals surface area contributed by atoms with E-state index in [0.717, 1.165) is 60.6 Å². The van der Waals surface area contributed by atoms with Gasteiger partial charge in [0.15, 0.2) is 11.6 Å². The molecular weight excluding hydrogens is 538 g/mol. The largest absolute Gasteiger partial charge is 0.359 e. The van der Waals surface area contributed by atoms with Crippen LogP contribution in [0.4, 0.5) is 14.6 Å². The maximum absolute atomic E-state index is 13.6. The highest BCUT2D eigenvalue weighted by molar-refractivity contribution is 5.94. The Morgan fingerprint density at radius 3 is 2.79 bits per heavy atom. The second-order valence-corrected chi connectivity index (χ2v) is 10.4. The van der Waals surface area contributed by atoms with Gasteiger partial charge >= 0.3 is 0 Å². The monoisotopic (exact) mass is 570 g/mol. The van der Waals surface area contributed by atoms with E-state index in [4.69, 9.17) is 0 Å². The van der Waals surface area contributed by atoms with E-state index < -0.39 is 23.1 Å². The molecule has 0 aliphatic carbocycles. The summed E-state index contributed by atoms with van der Waals surface area (Å²) in [5.41, 5.74) is 1.38. The molecule has 1 fully saturated rings. The Kier molecular flexibility index (Phi) is 8.88. The molecule has 1 saturated heterocycles. The number of nitrogens with one attached hydrogen (secondary N) is 1. The number of benzene rings is 2. The summed E-state index contributed by atoms with van der Waals surface area (Å²) < 4.78 is 28.1. The van der Waals surface area contributed by atoms with E-state index in [2.05, 4.69) is 50.9 Å². The van der Waals surface area contributed by atoms with Gasteiger partial charge in [-0.25, -0.2) is 18.7 Å². The van der Waals surface area contributed by atoms with Crippen LogP contribution in [0.15, 0.2) is 65.8 Å². The fraction of sp³-hybridized carbons (Fsp3) is 0.312. The van der Waals surface area contributed by atoms with Crippen LogP contribution < -0.4 is 15.8 Å². The molecule has 1 amide bonds. The summed E-state index contributed by atoms with van der Waals surface area (Å²) in [6.45, 7) is 6.43. The number of fused-ring (bicyclic) bond motifs is 1. The molecule has 8 nitrogen and oxygen atoms in total. The highest BCUT2D eigenvalue weighted by Crippen LogP contribution is 2.25. The molecule has 2 aromatic carbocycles. The number of carbonyl (C=O) groups excluding carboxylic acids is 1. The molecule has 3 heterocycles. The maximum atomic E-state index is 13.6. The van der Waals surface area contributed by atoms with Crippen molar-refractivity contribution < 1.29 is 13.6 Å². The fourth-order valence-electron chi connectivity index (χ4n) is 5.28. The van der Waals surface area contributed by atoms with E-state index >= 15 is 0 Å². The van der Waals surface area contributed by atoms with Crippen molar-refractivity contribution in [2.75, 3.05) is 44.7 Å². The van der Waals surface area contributed by atoms with Gasteiger partial charge in [-0.15, -0.1) is 0 Å². The van der Waals surface area contributed by atoms with Crippen molar-refractivity contribution in [3.8, 4) is 11.8 Å². The molecule has 1 atom stereocenters. The van der Waals surface area contributed by atoms with Crippen molar-refractivity contribution in [2.45, 2.75) is 19.9 Å². The van der Waals surface area contributed by atoms with Gasteiger partial charge in [0, 0.05) is 37.3 Å². The summed E-state index contributed by atoms with van der Waals surface area (Å²) in [5.74, 6) is 4.93. The van der Waals surface area contributed by atoms with Crippen LogP contribution in [-0.4, -0.2) is 65.1 Å². The van der Waals surface area contributed by atoms with Crippen LogP contribution in [0.2, 0.25) is 0 Å². The highest BCUT2D eigenvalue weighted by Gasteiger charge is 2.23. The molecule has 5 rings (SSSR count). The lowest BCUT2D eigenvalue weighted by Gasteiger charge is -2.23. The Labute approximate surface area is 243 Å². The van der Waals surface area contributed by atoms with E-state index in [1.54, 1.807) is 12.4 Å². The number of halogens is 2. The molecule has 42 heavy (non-hydrogen) atoms. The molecule has 1 N–H and O–H groups in total. The Morgan fingerprint density at radius 2 is 2.00 bits per heavy atom. The lowest BCUT2D eigenvalue weighted by atomic mass is 10.1. The zero-order valence-electron chi connectivity index (χ0n) is 23.6. The summed E-state index contributed by atoms with van der Waals surface area (Å²) in [6.07, 6.45) is 4.25. The second kappa shape index (κ2) is 12.9. The number of rotatable bonds is 8. The number of aromatic nitrogens is 3. The van der Waals surface area contributed by atoms with Gasteiger partial charge in [0.25, 0.3) is 11.5 Å². The van der Waals surface area contributed by atoms with Crippen LogP contribution in [0.5, 0.6) is 0 Å². The van der Waals surface area contributed by atoms with Gasteiger partial charge in [0.2, 0.25) is 0 Å². The molecule has 0 saturated carbocycles. The van der Waals surface area contributed by atoms with Gasteiger partial charge in [-0.3, -0.25) is 9.59 Å². The third-order valence-electron chi connectivity index (χ3n) is 7.50. The lowest BCUT2D eigenvalue weighted by molar-refractivity contribution is 0.0956. The van der Waals surface area contributed by atoms with Crippen LogP contribution >= 0.6 is 0 Å². The maximum Gasteiger partial charge on any atom is 0.263 e. The molecule has 0 bridgehead atoms. The molecule has 0 spiro atoms. The predicted molar refractivity (Wildman–Crippen MR) is 158 cm³/mol. The zero-order chi connectivity index (χ0) is 29.6. The molecule has 1 aliphatic heterocycles. The number of hydrogen-bond donors (Lipinski definition) is 1.